The van der Waals surface area contributed by atoms with Crippen LogP contribution in [-0.4, -0.2) is 49.0 Å². The van der Waals surface area contributed by atoms with Crippen molar-refractivity contribution in [1.82, 2.24) is 10.2 Å². The van der Waals surface area contributed by atoms with E-state index in [1.54, 1.807) is 13.1 Å². The van der Waals surface area contributed by atoms with Crippen LogP contribution in [0.15, 0.2) is 18.2 Å². The predicted octanol–water partition coefficient (Wildman–Crippen LogP) is 1.71. The number of rotatable bonds is 7. The second-order valence-corrected chi connectivity index (χ2v) is 5.07. The molecule has 0 saturated heterocycles. The van der Waals surface area contributed by atoms with Gasteiger partial charge in [-0.25, -0.2) is 0 Å². The molecule has 0 aromatic heterocycles. The second-order valence-electron chi connectivity index (χ2n) is 5.07. The summed E-state index contributed by atoms with van der Waals surface area (Å²) in [7, 11) is 3.58. The van der Waals surface area contributed by atoms with Crippen LogP contribution in [0.5, 0.6) is 0 Å². The molecule has 0 saturated carbocycles. The Balaban J connectivity index is 2.70. The smallest absolute Gasteiger partial charge is 0.293 e. The molecule has 1 amide bonds. The van der Waals surface area contributed by atoms with E-state index in [0.717, 1.165) is 6.54 Å². The lowest BCUT2D eigenvalue weighted by atomic mass is 10.1. The van der Waals surface area contributed by atoms with Gasteiger partial charge in [0.2, 0.25) is 0 Å². The molecule has 2 N–H and O–H groups in total. The molecule has 7 nitrogen and oxygen atoms in total. The summed E-state index contributed by atoms with van der Waals surface area (Å²) in [6, 6.07) is 4.79. The van der Waals surface area contributed by atoms with E-state index >= 15 is 0 Å². The fourth-order valence-electron chi connectivity index (χ4n) is 1.74. The lowest BCUT2D eigenvalue weighted by Gasteiger charge is -2.20. The molecule has 1 rings (SSSR count). The molecule has 0 atom stereocenters. The highest BCUT2D eigenvalue weighted by molar-refractivity contribution is 5.95. The summed E-state index contributed by atoms with van der Waals surface area (Å²) in [5, 5.41) is 16.5. The number of carbonyl (C=O) groups excluding carboxylic acids is 1. The molecule has 0 aliphatic rings. The molecule has 0 bridgehead atoms. The summed E-state index contributed by atoms with van der Waals surface area (Å²) in [5.74, 6) is -0.307. The van der Waals surface area contributed by atoms with Gasteiger partial charge in [0, 0.05) is 37.8 Å². The maximum atomic E-state index is 12.0. The number of nitro benzene ring substituents is 1. The van der Waals surface area contributed by atoms with E-state index in [1.807, 2.05) is 7.05 Å². The van der Waals surface area contributed by atoms with Crippen molar-refractivity contribution in [3.63, 3.8) is 0 Å². The zero-order valence-corrected chi connectivity index (χ0v) is 12.8. The molecule has 7 heteroatoms. The fraction of sp³-hybridized carbons (Fsp3) is 0.500. The molecule has 0 heterocycles. The number of benzene rings is 1. The first-order valence-electron chi connectivity index (χ1n) is 6.81. The van der Waals surface area contributed by atoms with Gasteiger partial charge in [-0.3, -0.25) is 14.9 Å². The van der Waals surface area contributed by atoms with Crippen LogP contribution in [-0.2, 0) is 0 Å². The Bertz CT molecular complexity index is 517. The third kappa shape index (κ3) is 4.71. The van der Waals surface area contributed by atoms with Gasteiger partial charge in [0.1, 0.15) is 5.69 Å². The SMILES string of the molecule is CNc1ccc(C(=O)NCCN(C)C(C)C)cc1[N+](=O)[O-]. The van der Waals surface area contributed by atoms with Gasteiger partial charge in [-0.1, -0.05) is 0 Å². The van der Waals surface area contributed by atoms with Crippen molar-refractivity contribution in [2.24, 2.45) is 0 Å². The van der Waals surface area contributed by atoms with Crippen molar-refractivity contribution in [3.8, 4) is 0 Å². The van der Waals surface area contributed by atoms with Gasteiger partial charge in [-0.05, 0) is 33.0 Å². The van der Waals surface area contributed by atoms with Crippen LogP contribution in [0.25, 0.3) is 0 Å². The zero-order valence-electron chi connectivity index (χ0n) is 12.8. The van der Waals surface area contributed by atoms with Crippen LogP contribution in [0, 0.1) is 10.1 Å². The molecule has 0 spiro atoms. The average Bonchev–Trinajstić information content (AvgIpc) is 2.45. The van der Waals surface area contributed by atoms with E-state index in [4.69, 9.17) is 0 Å². The lowest BCUT2D eigenvalue weighted by molar-refractivity contribution is -0.384. The first kappa shape index (κ1) is 16.9. The van der Waals surface area contributed by atoms with Crippen LogP contribution in [0.2, 0.25) is 0 Å². The molecule has 0 unspecified atom stereocenters. The number of nitro groups is 1. The monoisotopic (exact) mass is 294 g/mol. The Morgan fingerprint density at radius 3 is 2.62 bits per heavy atom. The number of amides is 1. The van der Waals surface area contributed by atoms with E-state index < -0.39 is 4.92 Å². The van der Waals surface area contributed by atoms with Crippen LogP contribution < -0.4 is 10.6 Å². The molecule has 116 valence electrons. The van der Waals surface area contributed by atoms with Crippen LogP contribution >= 0.6 is 0 Å². The molecule has 0 radical (unpaired) electrons. The van der Waals surface area contributed by atoms with Crippen LogP contribution in [0.1, 0.15) is 24.2 Å². The highest BCUT2D eigenvalue weighted by atomic mass is 16.6. The average molecular weight is 294 g/mol. The first-order valence-corrected chi connectivity index (χ1v) is 6.81. The van der Waals surface area contributed by atoms with Crippen molar-refractivity contribution < 1.29 is 9.72 Å². The van der Waals surface area contributed by atoms with Crippen molar-refractivity contribution in [2.75, 3.05) is 32.5 Å². The Labute approximate surface area is 124 Å². The maximum Gasteiger partial charge on any atom is 0.293 e. The van der Waals surface area contributed by atoms with Gasteiger partial charge < -0.3 is 15.5 Å². The number of hydrogen-bond acceptors (Lipinski definition) is 5. The fourth-order valence-corrected chi connectivity index (χ4v) is 1.74. The molecular weight excluding hydrogens is 272 g/mol. The normalized spacial score (nSPS) is 10.8. The van der Waals surface area contributed by atoms with Gasteiger partial charge in [0.25, 0.3) is 11.6 Å². The number of carbonyl (C=O) groups is 1. The van der Waals surface area contributed by atoms with Crippen LogP contribution in [0.3, 0.4) is 0 Å². The van der Waals surface area contributed by atoms with Crippen molar-refractivity contribution in [1.29, 1.82) is 0 Å². The summed E-state index contributed by atoms with van der Waals surface area (Å²) in [6.07, 6.45) is 0. The highest BCUT2D eigenvalue weighted by Gasteiger charge is 2.16. The number of likely N-dealkylation sites (N-methyl/N-ethyl adjacent to an activating group) is 1. The minimum absolute atomic E-state index is 0.107. The zero-order chi connectivity index (χ0) is 16.0. The largest absolute Gasteiger partial charge is 0.383 e. The predicted molar refractivity (Wildman–Crippen MR) is 82.7 cm³/mol. The number of anilines is 1. The topological polar surface area (TPSA) is 87.5 Å². The molecule has 1 aromatic rings. The number of nitrogens with one attached hydrogen (secondary N) is 2. The third-order valence-corrected chi connectivity index (χ3v) is 3.36. The molecule has 1 aromatic carbocycles. The summed E-state index contributed by atoms with van der Waals surface area (Å²) in [6.45, 7) is 5.36. The molecule has 0 aliphatic carbocycles. The van der Waals surface area contributed by atoms with E-state index in [-0.39, 0.29) is 17.2 Å². The van der Waals surface area contributed by atoms with Gasteiger partial charge in [-0.15, -0.1) is 0 Å². The summed E-state index contributed by atoms with van der Waals surface area (Å²) < 4.78 is 0. The minimum atomic E-state index is -0.505. The summed E-state index contributed by atoms with van der Waals surface area (Å²) in [5.41, 5.74) is 0.563. The molecule has 21 heavy (non-hydrogen) atoms. The standard InChI is InChI=1S/C14H22N4O3/c1-10(2)17(4)8-7-16-14(19)11-5-6-12(15-3)13(9-11)18(20)21/h5-6,9-10,15H,7-8H2,1-4H3,(H,16,19). The molecule has 0 fully saturated rings. The van der Waals surface area contributed by atoms with Gasteiger partial charge in [0.15, 0.2) is 0 Å². The summed E-state index contributed by atoms with van der Waals surface area (Å²) >= 11 is 0. The van der Waals surface area contributed by atoms with E-state index in [1.165, 1.54) is 12.1 Å². The van der Waals surface area contributed by atoms with Gasteiger partial charge in [0.05, 0.1) is 4.92 Å². The Morgan fingerprint density at radius 2 is 2.10 bits per heavy atom. The van der Waals surface area contributed by atoms with Crippen molar-refractivity contribution in [2.45, 2.75) is 19.9 Å². The van der Waals surface area contributed by atoms with E-state index in [2.05, 4.69) is 29.4 Å². The number of nitrogens with zero attached hydrogens (tertiary/aromatic N) is 2. The molecule has 0 aliphatic heterocycles. The Kier molecular flexibility index (Phi) is 6.10. The minimum Gasteiger partial charge on any atom is -0.383 e. The Hall–Kier alpha value is -2.15. The number of hydrogen-bond donors (Lipinski definition) is 2. The molecular formula is C14H22N4O3. The second kappa shape index (κ2) is 7.58. The lowest BCUT2D eigenvalue weighted by Crippen LogP contribution is -2.36. The van der Waals surface area contributed by atoms with Gasteiger partial charge in [-0.2, -0.15) is 0 Å². The third-order valence-electron chi connectivity index (χ3n) is 3.36. The summed E-state index contributed by atoms with van der Waals surface area (Å²) in [4.78, 5) is 24.6. The maximum absolute atomic E-state index is 12.0. The van der Waals surface area contributed by atoms with E-state index in [9.17, 15) is 14.9 Å². The van der Waals surface area contributed by atoms with Crippen molar-refractivity contribution in [3.05, 3.63) is 33.9 Å². The van der Waals surface area contributed by atoms with E-state index in [0.29, 0.717) is 18.3 Å². The van der Waals surface area contributed by atoms with Crippen LogP contribution in [0.4, 0.5) is 11.4 Å². The quantitative estimate of drug-likeness (QED) is 0.590. The van der Waals surface area contributed by atoms with Crippen molar-refractivity contribution >= 4 is 17.3 Å². The van der Waals surface area contributed by atoms with Gasteiger partial charge >= 0.3 is 0 Å². The Morgan fingerprint density at radius 1 is 1.43 bits per heavy atom. The highest BCUT2D eigenvalue weighted by Crippen LogP contribution is 2.24. The first-order chi connectivity index (χ1) is 9.86.